The summed E-state index contributed by atoms with van der Waals surface area (Å²) in [6.45, 7) is 6.31. The number of benzene rings is 1. The molecule has 2 aromatic rings. The van der Waals surface area contributed by atoms with Gasteiger partial charge in [0, 0.05) is 24.3 Å². The number of aromatic nitrogens is 2. The Kier molecular flexibility index (Phi) is 5.49. The Morgan fingerprint density at radius 1 is 1.22 bits per heavy atom. The molecule has 0 amide bonds. The first-order valence-corrected chi connectivity index (χ1v) is 7.66. The fourth-order valence-corrected chi connectivity index (χ4v) is 2.12. The van der Waals surface area contributed by atoms with Gasteiger partial charge in [0.25, 0.3) is 0 Å². The molecule has 0 spiro atoms. The SMILES string of the molecule is CC(c1ccncn1)N(C)Cc1ccc(C#CC(C)(C)O)cc1. The summed E-state index contributed by atoms with van der Waals surface area (Å²) < 4.78 is 0. The topological polar surface area (TPSA) is 49.2 Å². The molecule has 4 nitrogen and oxygen atoms in total. The van der Waals surface area contributed by atoms with Crippen LogP contribution in [0.15, 0.2) is 42.9 Å². The third-order valence-corrected chi connectivity index (χ3v) is 3.59. The Bertz CT molecular complexity index is 679. The van der Waals surface area contributed by atoms with Crippen molar-refractivity contribution in [2.75, 3.05) is 7.05 Å². The zero-order chi connectivity index (χ0) is 16.9. The fraction of sp³-hybridized carbons (Fsp3) is 0.368. The monoisotopic (exact) mass is 309 g/mol. The highest BCUT2D eigenvalue weighted by Gasteiger charge is 2.13. The summed E-state index contributed by atoms with van der Waals surface area (Å²) in [5, 5.41) is 9.63. The maximum atomic E-state index is 9.63. The van der Waals surface area contributed by atoms with Crippen molar-refractivity contribution >= 4 is 0 Å². The van der Waals surface area contributed by atoms with Gasteiger partial charge in [0.05, 0.1) is 5.69 Å². The molecular formula is C19H23N3O. The second kappa shape index (κ2) is 7.36. The predicted octanol–water partition coefficient (Wildman–Crippen LogP) is 2.79. The number of rotatable bonds is 4. The molecule has 23 heavy (non-hydrogen) atoms. The largest absolute Gasteiger partial charge is 0.378 e. The molecule has 0 aliphatic rings. The molecule has 0 aliphatic heterocycles. The van der Waals surface area contributed by atoms with Gasteiger partial charge in [-0.25, -0.2) is 9.97 Å². The normalized spacial score (nSPS) is 12.6. The van der Waals surface area contributed by atoms with E-state index >= 15 is 0 Å². The van der Waals surface area contributed by atoms with Crippen LogP contribution in [0.5, 0.6) is 0 Å². The van der Waals surface area contributed by atoms with Crippen molar-refractivity contribution in [3.8, 4) is 11.8 Å². The number of hydrogen-bond donors (Lipinski definition) is 1. The molecule has 1 N–H and O–H groups in total. The molecule has 0 fully saturated rings. The number of aliphatic hydroxyl groups is 1. The molecule has 0 saturated heterocycles. The summed E-state index contributed by atoms with van der Waals surface area (Å²) in [5.74, 6) is 5.80. The number of nitrogens with zero attached hydrogens (tertiary/aromatic N) is 3. The molecule has 2 rings (SSSR count). The van der Waals surface area contributed by atoms with Crippen LogP contribution in [0.1, 0.15) is 43.6 Å². The summed E-state index contributed by atoms with van der Waals surface area (Å²) in [6, 6.07) is 10.3. The quantitative estimate of drug-likeness (QED) is 0.882. The second-order valence-electron chi connectivity index (χ2n) is 6.23. The van der Waals surface area contributed by atoms with Crippen LogP contribution in [0.3, 0.4) is 0 Å². The van der Waals surface area contributed by atoms with Gasteiger partial charge < -0.3 is 5.11 Å². The lowest BCUT2D eigenvalue weighted by Gasteiger charge is -2.24. The Balaban J connectivity index is 2.01. The van der Waals surface area contributed by atoms with Crippen molar-refractivity contribution in [3.63, 3.8) is 0 Å². The molecule has 0 bridgehead atoms. The molecule has 4 heteroatoms. The standard InChI is InChI=1S/C19H23N3O/c1-15(18-10-12-20-14-21-18)22(4)13-17-7-5-16(6-8-17)9-11-19(2,3)23/h5-8,10,12,14-15,23H,13H2,1-4H3. The summed E-state index contributed by atoms with van der Waals surface area (Å²) in [7, 11) is 2.08. The Hall–Kier alpha value is -2.22. The van der Waals surface area contributed by atoms with E-state index in [0.29, 0.717) is 0 Å². The minimum atomic E-state index is -0.966. The van der Waals surface area contributed by atoms with E-state index in [1.165, 1.54) is 5.56 Å². The van der Waals surface area contributed by atoms with Crippen LogP contribution in [0.2, 0.25) is 0 Å². The van der Waals surface area contributed by atoms with Crippen molar-refractivity contribution in [1.29, 1.82) is 0 Å². The van der Waals surface area contributed by atoms with Gasteiger partial charge in [-0.2, -0.15) is 0 Å². The lowest BCUT2D eigenvalue weighted by atomic mass is 10.1. The molecule has 0 radical (unpaired) electrons. The van der Waals surface area contributed by atoms with Gasteiger partial charge in [-0.3, -0.25) is 4.90 Å². The summed E-state index contributed by atoms with van der Waals surface area (Å²) in [4.78, 5) is 10.5. The highest BCUT2D eigenvalue weighted by atomic mass is 16.3. The molecule has 120 valence electrons. The Morgan fingerprint density at radius 2 is 1.91 bits per heavy atom. The lowest BCUT2D eigenvalue weighted by molar-refractivity contribution is 0.143. The molecule has 1 aromatic heterocycles. The van der Waals surface area contributed by atoms with Crippen molar-refractivity contribution < 1.29 is 5.11 Å². The van der Waals surface area contributed by atoms with Crippen LogP contribution in [0.25, 0.3) is 0 Å². The maximum absolute atomic E-state index is 9.63. The molecule has 0 saturated carbocycles. The molecule has 1 atom stereocenters. The van der Waals surface area contributed by atoms with Crippen molar-refractivity contribution in [3.05, 3.63) is 59.7 Å². The average Bonchev–Trinajstić information content (AvgIpc) is 2.53. The Morgan fingerprint density at radius 3 is 2.48 bits per heavy atom. The average molecular weight is 309 g/mol. The highest BCUT2D eigenvalue weighted by molar-refractivity contribution is 5.37. The van der Waals surface area contributed by atoms with E-state index in [2.05, 4.69) is 52.8 Å². The van der Waals surface area contributed by atoms with Gasteiger partial charge in [-0.15, -0.1) is 0 Å². The van der Waals surface area contributed by atoms with Crippen LogP contribution in [0, 0.1) is 11.8 Å². The highest BCUT2D eigenvalue weighted by Crippen LogP contribution is 2.18. The van der Waals surface area contributed by atoms with Crippen LogP contribution in [-0.4, -0.2) is 32.6 Å². The van der Waals surface area contributed by atoms with E-state index in [1.807, 2.05) is 18.2 Å². The van der Waals surface area contributed by atoms with Gasteiger partial charge >= 0.3 is 0 Å². The van der Waals surface area contributed by atoms with E-state index in [4.69, 9.17) is 0 Å². The number of hydrogen-bond acceptors (Lipinski definition) is 4. The van der Waals surface area contributed by atoms with Gasteiger partial charge in [0.1, 0.15) is 11.9 Å². The zero-order valence-corrected chi connectivity index (χ0v) is 14.1. The smallest absolute Gasteiger partial charge is 0.120 e. The predicted molar refractivity (Wildman–Crippen MR) is 91.5 cm³/mol. The summed E-state index contributed by atoms with van der Waals surface area (Å²) in [6.07, 6.45) is 3.35. The molecule has 1 aromatic carbocycles. The van der Waals surface area contributed by atoms with Gasteiger partial charge in [-0.05, 0) is 51.6 Å². The molecule has 1 heterocycles. The third kappa shape index (κ3) is 5.48. The van der Waals surface area contributed by atoms with Gasteiger partial charge in [0.2, 0.25) is 0 Å². The van der Waals surface area contributed by atoms with Crippen molar-refractivity contribution in [2.24, 2.45) is 0 Å². The van der Waals surface area contributed by atoms with E-state index < -0.39 is 5.60 Å². The van der Waals surface area contributed by atoms with E-state index in [-0.39, 0.29) is 6.04 Å². The van der Waals surface area contributed by atoms with Crippen LogP contribution in [-0.2, 0) is 6.54 Å². The van der Waals surface area contributed by atoms with E-state index in [9.17, 15) is 5.11 Å². The van der Waals surface area contributed by atoms with Crippen LogP contribution < -0.4 is 0 Å². The minimum absolute atomic E-state index is 0.215. The third-order valence-electron chi connectivity index (χ3n) is 3.59. The molecular weight excluding hydrogens is 286 g/mol. The zero-order valence-electron chi connectivity index (χ0n) is 14.1. The Labute approximate surface area is 138 Å². The molecule has 0 aliphatic carbocycles. The van der Waals surface area contributed by atoms with Crippen molar-refractivity contribution in [1.82, 2.24) is 14.9 Å². The van der Waals surface area contributed by atoms with Crippen molar-refractivity contribution in [2.45, 2.75) is 39.0 Å². The first-order chi connectivity index (χ1) is 10.8. The first kappa shape index (κ1) is 17.1. The maximum Gasteiger partial charge on any atom is 0.120 e. The summed E-state index contributed by atoms with van der Waals surface area (Å²) in [5.41, 5.74) is 2.16. The van der Waals surface area contributed by atoms with Crippen LogP contribution in [0.4, 0.5) is 0 Å². The van der Waals surface area contributed by atoms with Gasteiger partial charge in [0.15, 0.2) is 0 Å². The summed E-state index contributed by atoms with van der Waals surface area (Å²) >= 11 is 0. The second-order valence-corrected chi connectivity index (χ2v) is 6.23. The minimum Gasteiger partial charge on any atom is -0.378 e. The van der Waals surface area contributed by atoms with E-state index in [0.717, 1.165) is 17.8 Å². The molecule has 1 unspecified atom stereocenters. The van der Waals surface area contributed by atoms with Gasteiger partial charge in [-0.1, -0.05) is 24.0 Å². The van der Waals surface area contributed by atoms with E-state index in [1.54, 1.807) is 26.4 Å². The fourth-order valence-electron chi connectivity index (χ4n) is 2.12. The first-order valence-electron chi connectivity index (χ1n) is 7.66. The lowest BCUT2D eigenvalue weighted by Crippen LogP contribution is -2.22. The van der Waals surface area contributed by atoms with Crippen LogP contribution >= 0.6 is 0 Å².